The van der Waals surface area contributed by atoms with Crippen LogP contribution in [0.1, 0.15) is 0 Å². The molecule has 0 aromatic carbocycles. The van der Waals surface area contributed by atoms with Crippen molar-refractivity contribution in [3.05, 3.63) is 0 Å². The average Bonchev–Trinajstić information content (AvgIpc) is 0.722. The quantitative estimate of drug-likeness (QED) is 0.408. The number of halogens is 1. The molecule has 0 radical (unpaired) electrons. The van der Waals surface area contributed by atoms with Crippen LogP contribution in [0.25, 0.3) is 0 Å². The molecule has 0 heterocycles. The number of hydrogen-bond donors (Lipinski definition) is 0. The van der Waals surface area contributed by atoms with E-state index < -0.39 is 13.6 Å². The molecule has 0 atom stereocenters. The second-order valence-corrected chi connectivity index (χ2v) is 13.9. The van der Waals surface area contributed by atoms with Crippen molar-refractivity contribution in [3.8, 4) is 0 Å². The Balaban J connectivity index is 0. The van der Waals surface area contributed by atoms with Crippen LogP contribution in [0.4, 0.5) is 0 Å². The Morgan fingerprint density at radius 3 is 0.833 bits per heavy atom. The van der Waals surface area contributed by atoms with E-state index in [0.29, 0.717) is 0 Å². The SMILES string of the molecule is C[As+](C)(C)C.[Cl-]. The van der Waals surface area contributed by atoms with Crippen molar-refractivity contribution >= 4 is 13.6 Å². The summed E-state index contributed by atoms with van der Waals surface area (Å²) < 4.78 is 0. The Kier molecular flexibility index (Phi) is 4.87. The summed E-state index contributed by atoms with van der Waals surface area (Å²) >= 11 is -0.875. The molecule has 0 bridgehead atoms. The van der Waals surface area contributed by atoms with E-state index in [1.165, 1.54) is 0 Å². The maximum atomic E-state index is 2.36. The van der Waals surface area contributed by atoms with Crippen molar-refractivity contribution in [1.29, 1.82) is 0 Å². The van der Waals surface area contributed by atoms with Crippen molar-refractivity contribution in [2.75, 3.05) is 0 Å². The van der Waals surface area contributed by atoms with Crippen molar-refractivity contribution in [2.24, 2.45) is 0 Å². The van der Waals surface area contributed by atoms with Crippen LogP contribution in [0.2, 0.25) is 22.8 Å². The monoisotopic (exact) mass is 170 g/mol. The van der Waals surface area contributed by atoms with Crippen LogP contribution in [0.15, 0.2) is 0 Å². The van der Waals surface area contributed by atoms with Crippen LogP contribution < -0.4 is 12.4 Å². The number of rotatable bonds is 0. The van der Waals surface area contributed by atoms with Gasteiger partial charge in [0.25, 0.3) is 0 Å². The smallest absolute Gasteiger partial charge is 1.00 e. The second kappa shape index (κ2) is 2.93. The van der Waals surface area contributed by atoms with Crippen molar-refractivity contribution in [2.45, 2.75) is 22.8 Å². The Hall–Kier alpha value is 0.848. The predicted octanol–water partition coefficient (Wildman–Crippen LogP) is -1.04. The molecule has 0 amide bonds. The second-order valence-electron chi connectivity index (χ2n) is 2.68. The maximum absolute atomic E-state index is 2.36. The Labute approximate surface area is 49.2 Å². The van der Waals surface area contributed by atoms with Gasteiger partial charge in [-0.25, -0.2) is 0 Å². The Morgan fingerprint density at radius 1 is 0.833 bits per heavy atom. The van der Waals surface area contributed by atoms with Gasteiger partial charge in [0.15, 0.2) is 0 Å². The summed E-state index contributed by atoms with van der Waals surface area (Å²) in [6.07, 6.45) is 0. The van der Waals surface area contributed by atoms with Gasteiger partial charge in [-0.05, 0) is 0 Å². The molecular formula is C4H12AsCl. The van der Waals surface area contributed by atoms with E-state index in [1.807, 2.05) is 0 Å². The summed E-state index contributed by atoms with van der Waals surface area (Å²) in [4.78, 5) is 0. The van der Waals surface area contributed by atoms with E-state index in [2.05, 4.69) is 22.8 Å². The van der Waals surface area contributed by atoms with Gasteiger partial charge in [0, 0.05) is 0 Å². The van der Waals surface area contributed by atoms with E-state index in [1.54, 1.807) is 0 Å². The molecule has 0 aromatic heterocycles. The molecule has 0 aromatic rings. The van der Waals surface area contributed by atoms with E-state index in [0.717, 1.165) is 0 Å². The first kappa shape index (κ1) is 9.96. The van der Waals surface area contributed by atoms with Crippen LogP contribution in [0, 0.1) is 0 Å². The van der Waals surface area contributed by atoms with E-state index >= 15 is 0 Å². The zero-order valence-corrected chi connectivity index (χ0v) is 7.46. The minimum Gasteiger partial charge on any atom is -1.00 e. The van der Waals surface area contributed by atoms with Crippen LogP contribution in [-0.2, 0) is 0 Å². The predicted molar refractivity (Wildman–Crippen MR) is 29.2 cm³/mol. The molecule has 0 saturated carbocycles. The van der Waals surface area contributed by atoms with Crippen LogP contribution >= 0.6 is 0 Å². The molecule has 0 fully saturated rings. The summed E-state index contributed by atoms with van der Waals surface area (Å²) in [6.45, 7) is 0. The first-order chi connectivity index (χ1) is 2.00. The third kappa shape index (κ3) is 99.8. The molecule has 0 unspecified atom stereocenters. The first-order valence-electron chi connectivity index (χ1n) is 1.79. The topological polar surface area (TPSA) is 0 Å². The first-order valence-corrected chi connectivity index (χ1v) is 9.30. The number of hydrogen-bond acceptors (Lipinski definition) is 0. The van der Waals surface area contributed by atoms with Crippen molar-refractivity contribution in [1.82, 2.24) is 0 Å². The van der Waals surface area contributed by atoms with Gasteiger partial charge in [-0.2, -0.15) is 0 Å². The summed E-state index contributed by atoms with van der Waals surface area (Å²) in [6, 6.07) is 0. The summed E-state index contributed by atoms with van der Waals surface area (Å²) in [7, 11) is 0. The van der Waals surface area contributed by atoms with Gasteiger partial charge in [0.1, 0.15) is 0 Å². The third-order valence-corrected chi connectivity index (χ3v) is 0. The molecule has 0 rings (SSSR count). The molecule has 0 saturated heterocycles. The van der Waals surface area contributed by atoms with Crippen LogP contribution in [0.3, 0.4) is 0 Å². The Bertz CT molecular complexity index is 23.0. The van der Waals surface area contributed by atoms with Crippen LogP contribution in [-0.4, -0.2) is 13.6 Å². The molecule has 0 nitrogen and oxygen atoms in total. The van der Waals surface area contributed by atoms with Gasteiger partial charge in [0.05, 0.1) is 0 Å². The van der Waals surface area contributed by atoms with Crippen LogP contribution in [0.5, 0.6) is 0 Å². The standard InChI is InChI=1S/C4H12As.ClH/c1-5(2,3)4;/h1-4H3;1H/q+1;/p-1. The van der Waals surface area contributed by atoms with E-state index in [-0.39, 0.29) is 12.4 Å². The minimum absolute atomic E-state index is 0. The van der Waals surface area contributed by atoms with Crippen molar-refractivity contribution < 1.29 is 12.4 Å². The molecular weight excluding hydrogens is 158 g/mol. The van der Waals surface area contributed by atoms with Crippen molar-refractivity contribution in [3.63, 3.8) is 0 Å². The molecule has 40 valence electrons. The zero-order chi connectivity index (χ0) is 4.50. The fourth-order valence-electron chi connectivity index (χ4n) is 0. The summed E-state index contributed by atoms with van der Waals surface area (Å²) in [5.74, 6) is 0. The van der Waals surface area contributed by atoms with Gasteiger partial charge in [-0.3, -0.25) is 0 Å². The van der Waals surface area contributed by atoms with E-state index in [9.17, 15) is 0 Å². The molecule has 0 aliphatic rings. The molecule has 0 aliphatic carbocycles. The Morgan fingerprint density at radius 2 is 0.833 bits per heavy atom. The molecule has 0 aliphatic heterocycles. The van der Waals surface area contributed by atoms with Gasteiger partial charge in [0.2, 0.25) is 0 Å². The van der Waals surface area contributed by atoms with Gasteiger partial charge >= 0.3 is 36.4 Å². The average molecular weight is 171 g/mol. The van der Waals surface area contributed by atoms with Gasteiger partial charge in [-0.15, -0.1) is 0 Å². The largest absolute Gasteiger partial charge is 1.00 e. The molecule has 6 heavy (non-hydrogen) atoms. The fourth-order valence-corrected chi connectivity index (χ4v) is 0. The fraction of sp³-hybridized carbons (Fsp3) is 1.00. The minimum atomic E-state index is -0.875. The third-order valence-electron chi connectivity index (χ3n) is 0. The van der Waals surface area contributed by atoms with Gasteiger partial charge in [-0.1, -0.05) is 0 Å². The summed E-state index contributed by atoms with van der Waals surface area (Å²) in [5.41, 5.74) is 9.44. The maximum Gasteiger partial charge on any atom is -1.00 e. The molecule has 0 N–H and O–H groups in total. The normalized spacial score (nSPS) is 10.0. The zero-order valence-electron chi connectivity index (χ0n) is 4.83. The van der Waals surface area contributed by atoms with Gasteiger partial charge < -0.3 is 12.4 Å². The summed E-state index contributed by atoms with van der Waals surface area (Å²) in [5, 5.41) is 0. The molecule has 0 spiro atoms. The van der Waals surface area contributed by atoms with E-state index in [4.69, 9.17) is 0 Å². The molecule has 2 heteroatoms.